The second-order valence-corrected chi connectivity index (χ2v) is 5.78. The first-order valence-electron chi connectivity index (χ1n) is 6.74. The average Bonchev–Trinajstić information content (AvgIpc) is 2.90. The molecule has 1 atom stereocenters. The van der Waals surface area contributed by atoms with Crippen molar-refractivity contribution < 1.29 is 4.79 Å². The molecule has 0 saturated heterocycles. The van der Waals surface area contributed by atoms with Crippen LogP contribution in [0.3, 0.4) is 0 Å². The maximum atomic E-state index is 12.1. The Kier molecular flexibility index (Phi) is 5.46. The lowest BCUT2D eigenvalue weighted by atomic mass is 10.1. The highest BCUT2D eigenvalue weighted by molar-refractivity contribution is 9.10. The molecule has 0 bridgehead atoms. The Morgan fingerprint density at radius 2 is 2.14 bits per heavy atom. The van der Waals surface area contributed by atoms with Gasteiger partial charge in [-0.05, 0) is 31.0 Å². The molecule has 1 unspecified atom stereocenters. The van der Waals surface area contributed by atoms with Gasteiger partial charge in [0.2, 0.25) is 0 Å². The molecule has 0 aliphatic carbocycles. The second-order valence-electron chi connectivity index (χ2n) is 4.86. The van der Waals surface area contributed by atoms with Gasteiger partial charge in [-0.1, -0.05) is 33.3 Å². The van der Waals surface area contributed by atoms with Crippen molar-refractivity contribution in [3.05, 3.63) is 46.2 Å². The van der Waals surface area contributed by atoms with E-state index in [1.54, 1.807) is 10.9 Å². The first-order chi connectivity index (χ1) is 10.1. The van der Waals surface area contributed by atoms with Gasteiger partial charge in [-0.25, -0.2) is 0 Å². The van der Waals surface area contributed by atoms with E-state index in [2.05, 4.69) is 31.6 Å². The molecule has 0 radical (unpaired) electrons. The minimum atomic E-state index is -0.220. The van der Waals surface area contributed by atoms with E-state index in [0.29, 0.717) is 18.8 Å². The summed E-state index contributed by atoms with van der Waals surface area (Å²) in [7, 11) is 0. The summed E-state index contributed by atoms with van der Waals surface area (Å²) in [5.41, 5.74) is 6.91. The Morgan fingerprint density at radius 3 is 2.81 bits per heavy atom. The number of rotatable bonds is 6. The van der Waals surface area contributed by atoms with Gasteiger partial charge in [0.25, 0.3) is 5.91 Å². The summed E-state index contributed by atoms with van der Waals surface area (Å²) >= 11 is 3.40. The van der Waals surface area contributed by atoms with E-state index in [1.165, 1.54) is 0 Å². The molecule has 6 nitrogen and oxygen atoms in total. The summed E-state index contributed by atoms with van der Waals surface area (Å²) in [5.74, 6) is -0.220. The van der Waals surface area contributed by atoms with Crippen LogP contribution in [-0.4, -0.2) is 33.5 Å². The van der Waals surface area contributed by atoms with Crippen molar-refractivity contribution in [1.29, 1.82) is 0 Å². The molecule has 3 N–H and O–H groups in total. The molecule has 21 heavy (non-hydrogen) atoms. The number of aromatic nitrogens is 3. The van der Waals surface area contributed by atoms with Crippen LogP contribution in [0, 0.1) is 0 Å². The van der Waals surface area contributed by atoms with E-state index in [0.717, 1.165) is 16.5 Å². The topological polar surface area (TPSA) is 85.8 Å². The van der Waals surface area contributed by atoms with Crippen LogP contribution in [0.1, 0.15) is 23.0 Å². The lowest BCUT2D eigenvalue weighted by molar-refractivity contribution is 0.0935. The molecule has 1 aromatic carbocycles. The van der Waals surface area contributed by atoms with Crippen molar-refractivity contribution in [3.63, 3.8) is 0 Å². The quantitative estimate of drug-likeness (QED) is 0.822. The van der Waals surface area contributed by atoms with Gasteiger partial charge in [0.05, 0.1) is 12.7 Å². The molecule has 112 valence electrons. The minimum Gasteiger partial charge on any atom is -0.348 e. The van der Waals surface area contributed by atoms with Crippen molar-refractivity contribution >= 4 is 21.8 Å². The molecular formula is C14H18BrN5O. The third-order valence-corrected chi connectivity index (χ3v) is 3.49. The summed E-state index contributed by atoms with van der Waals surface area (Å²) in [6, 6.07) is 8.05. The van der Waals surface area contributed by atoms with Crippen molar-refractivity contribution in [1.82, 2.24) is 20.3 Å². The van der Waals surface area contributed by atoms with Crippen LogP contribution in [0.15, 0.2) is 34.9 Å². The molecule has 1 aromatic heterocycles. The van der Waals surface area contributed by atoms with E-state index in [9.17, 15) is 4.79 Å². The van der Waals surface area contributed by atoms with Gasteiger partial charge >= 0.3 is 0 Å². The molecular weight excluding hydrogens is 334 g/mol. The van der Waals surface area contributed by atoms with Crippen LogP contribution < -0.4 is 11.1 Å². The van der Waals surface area contributed by atoms with E-state index in [1.807, 2.05) is 31.2 Å². The van der Waals surface area contributed by atoms with Crippen LogP contribution in [0.2, 0.25) is 0 Å². The zero-order valence-corrected chi connectivity index (χ0v) is 13.4. The van der Waals surface area contributed by atoms with Gasteiger partial charge in [0.15, 0.2) is 5.69 Å². The fourth-order valence-electron chi connectivity index (χ4n) is 1.97. The van der Waals surface area contributed by atoms with Gasteiger partial charge in [-0.3, -0.25) is 9.48 Å². The third-order valence-electron chi connectivity index (χ3n) is 2.96. The molecule has 0 saturated carbocycles. The molecule has 7 heteroatoms. The van der Waals surface area contributed by atoms with Gasteiger partial charge < -0.3 is 11.1 Å². The average molecular weight is 352 g/mol. The summed E-state index contributed by atoms with van der Waals surface area (Å²) in [6.07, 6.45) is 2.37. The monoisotopic (exact) mass is 351 g/mol. The SMILES string of the molecule is CC(Cc1ccc(Br)cc1)NC(=O)c1cn(CCN)nn1. The number of halogens is 1. The normalized spacial score (nSPS) is 12.1. The van der Waals surface area contributed by atoms with Crippen LogP contribution in [0.25, 0.3) is 0 Å². The van der Waals surface area contributed by atoms with E-state index >= 15 is 0 Å². The van der Waals surface area contributed by atoms with Crippen molar-refractivity contribution in [2.45, 2.75) is 25.9 Å². The minimum absolute atomic E-state index is 0.0123. The summed E-state index contributed by atoms with van der Waals surface area (Å²) in [6.45, 7) is 2.98. The number of carbonyl (C=O) groups excluding carboxylic acids is 1. The van der Waals surface area contributed by atoms with Crippen molar-refractivity contribution in [3.8, 4) is 0 Å². The Balaban J connectivity index is 1.90. The van der Waals surface area contributed by atoms with Crippen LogP contribution in [0.5, 0.6) is 0 Å². The zero-order chi connectivity index (χ0) is 15.2. The zero-order valence-electron chi connectivity index (χ0n) is 11.8. The number of benzene rings is 1. The number of carbonyl (C=O) groups is 1. The highest BCUT2D eigenvalue weighted by Crippen LogP contribution is 2.12. The largest absolute Gasteiger partial charge is 0.348 e. The van der Waals surface area contributed by atoms with Crippen LogP contribution in [-0.2, 0) is 13.0 Å². The predicted octanol–water partition coefficient (Wildman–Crippen LogP) is 1.36. The number of nitrogens with one attached hydrogen (secondary N) is 1. The van der Waals surface area contributed by atoms with Gasteiger partial charge in [-0.15, -0.1) is 5.10 Å². The summed E-state index contributed by atoms with van der Waals surface area (Å²) < 4.78 is 2.60. The van der Waals surface area contributed by atoms with Crippen molar-refractivity contribution in [2.24, 2.45) is 5.73 Å². The lowest BCUT2D eigenvalue weighted by Gasteiger charge is -2.12. The Bertz CT molecular complexity index is 596. The number of hydrogen-bond donors (Lipinski definition) is 2. The molecule has 1 heterocycles. The second kappa shape index (κ2) is 7.33. The summed E-state index contributed by atoms with van der Waals surface area (Å²) in [5, 5.41) is 10.6. The predicted molar refractivity (Wildman–Crippen MR) is 83.9 cm³/mol. The van der Waals surface area contributed by atoms with Crippen LogP contribution in [0.4, 0.5) is 0 Å². The van der Waals surface area contributed by atoms with Gasteiger partial charge in [0, 0.05) is 17.1 Å². The molecule has 0 aliphatic rings. The van der Waals surface area contributed by atoms with Crippen LogP contribution >= 0.6 is 15.9 Å². The number of nitrogens with two attached hydrogens (primary N) is 1. The third kappa shape index (κ3) is 4.64. The molecule has 1 amide bonds. The standard InChI is InChI=1S/C14H18BrN5O/c1-10(8-11-2-4-12(15)5-3-11)17-14(21)13-9-20(7-6-16)19-18-13/h2-5,9-10H,6-8,16H2,1H3,(H,17,21). The number of nitrogens with zero attached hydrogens (tertiary/aromatic N) is 3. The first-order valence-corrected chi connectivity index (χ1v) is 7.53. The van der Waals surface area contributed by atoms with E-state index < -0.39 is 0 Å². The van der Waals surface area contributed by atoms with Crippen molar-refractivity contribution in [2.75, 3.05) is 6.54 Å². The number of hydrogen-bond acceptors (Lipinski definition) is 4. The highest BCUT2D eigenvalue weighted by Gasteiger charge is 2.13. The molecule has 2 rings (SSSR count). The molecule has 0 spiro atoms. The van der Waals surface area contributed by atoms with E-state index in [-0.39, 0.29) is 11.9 Å². The fourth-order valence-corrected chi connectivity index (χ4v) is 2.23. The smallest absolute Gasteiger partial charge is 0.273 e. The Hall–Kier alpha value is -1.73. The Morgan fingerprint density at radius 1 is 1.43 bits per heavy atom. The summed E-state index contributed by atoms with van der Waals surface area (Å²) in [4.78, 5) is 12.1. The molecule has 0 aliphatic heterocycles. The highest BCUT2D eigenvalue weighted by atomic mass is 79.9. The maximum Gasteiger partial charge on any atom is 0.273 e. The fraction of sp³-hybridized carbons (Fsp3) is 0.357. The lowest BCUT2D eigenvalue weighted by Crippen LogP contribution is -2.34. The van der Waals surface area contributed by atoms with Gasteiger partial charge in [-0.2, -0.15) is 0 Å². The first kappa shape index (κ1) is 15.7. The van der Waals surface area contributed by atoms with E-state index in [4.69, 9.17) is 5.73 Å². The molecule has 0 fully saturated rings. The maximum absolute atomic E-state index is 12.1. The molecule has 2 aromatic rings. The number of amides is 1. The van der Waals surface area contributed by atoms with Gasteiger partial charge in [0.1, 0.15) is 0 Å². The Labute approximate surface area is 131 Å².